The second-order valence-electron chi connectivity index (χ2n) is 5.48. The van der Waals surface area contributed by atoms with E-state index < -0.39 is 11.7 Å². The van der Waals surface area contributed by atoms with Crippen LogP contribution in [0.15, 0.2) is 34.5 Å². The van der Waals surface area contributed by atoms with Crippen LogP contribution in [-0.4, -0.2) is 22.6 Å². The summed E-state index contributed by atoms with van der Waals surface area (Å²) in [4.78, 5) is 15.7. The number of carbonyl (C=O) groups excluding carboxylic acids is 1. The molecule has 1 rings (SSSR count). The number of aliphatic imine (C=N–C) groups is 1. The molecule has 0 aliphatic heterocycles. The Balaban J connectivity index is 3.31. The Hall–Kier alpha value is -2.40. The number of aliphatic hydroxyl groups is 1. The molecule has 1 aromatic carbocycles. The maximum absolute atomic E-state index is 11.6. The van der Waals surface area contributed by atoms with Crippen molar-refractivity contribution in [2.45, 2.75) is 20.3 Å². The molecule has 124 valence electrons. The van der Waals surface area contributed by atoms with Crippen molar-refractivity contribution in [3.8, 4) is 0 Å². The number of nitrogens with zero attached hydrogens (tertiary/aromatic N) is 1. The molecule has 8 heteroatoms. The predicted octanol–water partition coefficient (Wildman–Crippen LogP) is 1.12. The fraction of sp³-hybridized carbons (Fsp3) is 0.267. The molecule has 1 atom stereocenters. The van der Waals surface area contributed by atoms with Gasteiger partial charge in [-0.2, -0.15) is 0 Å². The van der Waals surface area contributed by atoms with Crippen LogP contribution in [-0.2, 0) is 4.79 Å². The third kappa shape index (κ3) is 5.07. The Morgan fingerprint density at radius 2 is 2.00 bits per heavy atom. The van der Waals surface area contributed by atoms with E-state index in [1.54, 1.807) is 18.2 Å². The van der Waals surface area contributed by atoms with E-state index in [0.29, 0.717) is 16.7 Å². The van der Waals surface area contributed by atoms with Crippen molar-refractivity contribution in [1.29, 1.82) is 5.41 Å². The number of benzene rings is 1. The van der Waals surface area contributed by atoms with Gasteiger partial charge >= 0.3 is 0 Å². The van der Waals surface area contributed by atoms with Gasteiger partial charge < -0.3 is 27.7 Å². The lowest BCUT2D eigenvalue weighted by atomic mass is 10.0. The van der Waals surface area contributed by atoms with Gasteiger partial charge in [-0.15, -0.1) is 9.24 Å². The molecule has 0 aromatic heterocycles. The van der Waals surface area contributed by atoms with Crippen molar-refractivity contribution < 1.29 is 9.90 Å². The highest BCUT2D eigenvalue weighted by atomic mass is 31.0. The number of carbonyl (C=O) groups is 1. The second kappa shape index (κ2) is 7.74. The van der Waals surface area contributed by atoms with Crippen LogP contribution < -0.4 is 22.5 Å². The smallest absolute Gasteiger partial charge is 0.256 e. The zero-order valence-electron chi connectivity index (χ0n) is 13.1. The van der Waals surface area contributed by atoms with Crippen LogP contribution in [0.4, 0.5) is 11.4 Å². The molecule has 7 nitrogen and oxygen atoms in total. The number of rotatable bonds is 6. The van der Waals surface area contributed by atoms with Crippen molar-refractivity contribution in [2.75, 3.05) is 5.73 Å². The number of nitrogens with one attached hydrogen (secondary N) is 1. The van der Waals surface area contributed by atoms with Gasteiger partial charge in [-0.3, -0.25) is 4.79 Å². The third-order valence-electron chi connectivity index (χ3n) is 2.93. The predicted molar refractivity (Wildman–Crippen MR) is 97.5 cm³/mol. The molecular weight excluding hydrogens is 313 g/mol. The quantitative estimate of drug-likeness (QED) is 0.132. The molecule has 0 aliphatic carbocycles. The molecule has 0 saturated carbocycles. The molecular formula is C15H22N5O2P. The highest BCUT2D eigenvalue weighted by Gasteiger charge is 2.20. The maximum atomic E-state index is 11.6. The summed E-state index contributed by atoms with van der Waals surface area (Å²) < 4.78 is 0. The number of allylic oxidation sites excluding steroid dienone is 1. The summed E-state index contributed by atoms with van der Waals surface area (Å²) in [6, 6.07) is 4.93. The minimum Gasteiger partial charge on any atom is -0.505 e. The average Bonchev–Trinajstić information content (AvgIpc) is 2.40. The first-order chi connectivity index (χ1) is 10.6. The monoisotopic (exact) mass is 335 g/mol. The third-order valence-corrected chi connectivity index (χ3v) is 3.39. The number of aliphatic hydroxyl groups excluding tert-OH is 1. The molecule has 8 N–H and O–H groups in total. The zero-order chi connectivity index (χ0) is 17.7. The highest BCUT2D eigenvalue weighted by Crippen LogP contribution is 2.17. The molecule has 23 heavy (non-hydrogen) atoms. The summed E-state index contributed by atoms with van der Waals surface area (Å²) in [7, 11) is 2.45. The number of hydrogen-bond acceptors (Lipinski definition) is 5. The Morgan fingerprint density at radius 1 is 1.39 bits per heavy atom. The van der Waals surface area contributed by atoms with Crippen LogP contribution in [0, 0.1) is 11.3 Å². The SMILES string of the molecule is CC(C)CC(=N)/C(O)=C(\C(N)=O)C(N)=Nc1ccc(N)cc1P. The topological polar surface area (TPSA) is 152 Å². The first kappa shape index (κ1) is 18.6. The van der Waals surface area contributed by atoms with Gasteiger partial charge in [0, 0.05) is 5.69 Å². The van der Waals surface area contributed by atoms with Crippen LogP contribution in [0.2, 0.25) is 0 Å². The number of nitrogen functional groups attached to an aromatic ring is 1. The van der Waals surface area contributed by atoms with Crippen molar-refractivity contribution in [3.05, 3.63) is 29.5 Å². The number of anilines is 1. The van der Waals surface area contributed by atoms with E-state index in [4.69, 9.17) is 22.6 Å². The Morgan fingerprint density at radius 3 is 2.48 bits per heavy atom. The van der Waals surface area contributed by atoms with Gasteiger partial charge in [0.25, 0.3) is 5.91 Å². The minimum atomic E-state index is -0.946. The highest BCUT2D eigenvalue weighted by molar-refractivity contribution is 7.28. The van der Waals surface area contributed by atoms with Crippen LogP contribution >= 0.6 is 9.24 Å². The number of hydrogen-bond donors (Lipinski definition) is 5. The Kier molecular flexibility index (Phi) is 6.28. The van der Waals surface area contributed by atoms with Gasteiger partial charge in [-0.1, -0.05) is 13.8 Å². The number of amides is 1. The van der Waals surface area contributed by atoms with Crippen LogP contribution in [0.3, 0.4) is 0 Å². The molecule has 0 aliphatic rings. The van der Waals surface area contributed by atoms with Crippen molar-refractivity contribution in [2.24, 2.45) is 22.4 Å². The molecule has 0 bridgehead atoms. The molecule has 0 saturated heterocycles. The average molecular weight is 335 g/mol. The summed E-state index contributed by atoms with van der Waals surface area (Å²) in [5.74, 6) is -1.61. The van der Waals surface area contributed by atoms with Gasteiger partial charge in [0.05, 0.1) is 11.4 Å². The van der Waals surface area contributed by atoms with E-state index in [1.165, 1.54) is 0 Å². The number of nitrogens with two attached hydrogens (primary N) is 3. The van der Waals surface area contributed by atoms with E-state index in [0.717, 1.165) is 0 Å². The first-order valence-electron chi connectivity index (χ1n) is 6.93. The van der Waals surface area contributed by atoms with Gasteiger partial charge in [0.2, 0.25) is 0 Å². The molecule has 0 fully saturated rings. The normalized spacial score (nSPS) is 13.0. The summed E-state index contributed by atoms with van der Waals surface area (Å²) in [5, 5.41) is 18.6. The van der Waals surface area contributed by atoms with Crippen LogP contribution in [0.25, 0.3) is 0 Å². The van der Waals surface area contributed by atoms with E-state index >= 15 is 0 Å². The minimum absolute atomic E-state index is 0.115. The fourth-order valence-corrected chi connectivity index (χ4v) is 2.23. The second-order valence-corrected chi connectivity index (χ2v) is 6.10. The van der Waals surface area contributed by atoms with E-state index in [-0.39, 0.29) is 29.5 Å². The summed E-state index contributed by atoms with van der Waals surface area (Å²) in [5.41, 5.74) is 17.3. The van der Waals surface area contributed by atoms with Crippen LogP contribution in [0.1, 0.15) is 20.3 Å². The van der Waals surface area contributed by atoms with Gasteiger partial charge in [0.15, 0.2) is 5.76 Å². The van der Waals surface area contributed by atoms with Crippen molar-refractivity contribution in [1.82, 2.24) is 0 Å². The van der Waals surface area contributed by atoms with Gasteiger partial charge in [0.1, 0.15) is 11.4 Å². The van der Waals surface area contributed by atoms with Crippen LogP contribution in [0.5, 0.6) is 0 Å². The molecule has 0 spiro atoms. The Labute approximate surface area is 137 Å². The largest absolute Gasteiger partial charge is 0.505 e. The van der Waals surface area contributed by atoms with Gasteiger partial charge in [-0.25, -0.2) is 4.99 Å². The van der Waals surface area contributed by atoms with Crippen molar-refractivity contribution in [3.63, 3.8) is 0 Å². The lowest BCUT2D eigenvalue weighted by Crippen LogP contribution is -2.30. The molecule has 1 aromatic rings. The van der Waals surface area contributed by atoms with Crippen molar-refractivity contribution >= 4 is 43.4 Å². The summed E-state index contributed by atoms with van der Waals surface area (Å²) in [6.07, 6.45) is 0.284. The summed E-state index contributed by atoms with van der Waals surface area (Å²) >= 11 is 0. The van der Waals surface area contributed by atoms with E-state index in [2.05, 4.69) is 14.2 Å². The van der Waals surface area contributed by atoms with E-state index in [1.807, 2.05) is 13.8 Å². The molecule has 1 unspecified atom stereocenters. The fourth-order valence-electron chi connectivity index (χ4n) is 1.88. The molecule has 1 amide bonds. The Bertz CT molecular complexity index is 695. The standard InChI is InChI=1S/C15H22N5O2P/c1-7(2)5-9(17)13(21)12(15(19)22)14(18)20-10-4-3-8(16)6-11(10)23/h3-4,6-7,17,21H,5,16,23H2,1-2H3,(H2,18,20)(H2,19,22)/b13-12+,17-9?. The number of amidine groups is 1. The van der Waals surface area contributed by atoms with E-state index in [9.17, 15) is 9.90 Å². The lowest BCUT2D eigenvalue weighted by molar-refractivity contribution is -0.114. The lowest BCUT2D eigenvalue weighted by Gasteiger charge is -2.11. The molecule has 0 heterocycles. The molecule has 0 radical (unpaired) electrons. The summed E-state index contributed by atoms with van der Waals surface area (Å²) in [6.45, 7) is 3.77. The maximum Gasteiger partial charge on any atom is 0.256 e. The van der Waals surface area contributed by atoms with Gasteiger partial charge in [-0.05, 0) is 35.8 Å². The first-order valence-corrected chi connectivity index (χ1v) is 7.51. The zero-order valence-corrected chi connectivity index (χ0v) is 14.3. The number of primary amides is 1.